The number of nitrogens with zero attached hydrogens (tertiary/aromatic N) is 2. The Labute approximate surface area is 145 Å². The highest BCUT2D eigenvalue weighted by Crippen LogP contribution is 2.11. The quantitative estimate of drug-likeness (QED) is 0.922. The third-order valence-corrected chi connectivity index (χ3v) is 4.02. The molecule has 0 unspecified atom stereocenters. The fraction of sp³-hybridized carbons (Fsp3) is 0.579. The van der Waals surface area contributed by atoms with Gasteiger partial charge in [-0.2, -0.15) is 0 Å². The average molecular weight is 331 g/mol. The Morgan fingerprint density at radius 3 is 2.54 bits per heavy atom. The maximum atomic E-state index is 12.6. The van der Waals surface area contributed by atoms with Crippen LogP contribution >= 0.6 is 0 Å². The van der Waals surface area contributed by atoms with Gasteiger partial charge in [-0.3, -0.25) is 14.5 Å². The van der Waals surface area contributed by atoms with Crippen molar-refractivity contribution in [3.8, 4) is 0 Å². The van der Waals surface area contributed by atoms with Crippen LogP contribution in [-0.2, 0) is 4.79 Å². The van der Waals surface area contributed by atoms with Crippen molar-refractivity contribution in [1.29, 1.82) is 0 Å². The van der Waals surface area contributed by atoms with E-state index in [1.54, 1.807) is 0 Å². The van der Waals surface area contributed by atoms with Gasteiger partial charge in [0, 0.05) is 37.3 Å². The summed E-state index contributed by atoms with van der Waals surface area (Å²) in [6.45, 7) is 11.3. The summed E-state index contributed by atoms with van der Waals surface area (Å²) >= 11 is 0. The number of carbonyl (C=O) groups excluding carboxylic acids is 2. The fourth-order valence-corrected chi connectivity index (χ4v) is 2.95. The molecule has 1 saturated heterocycles. The van der Waals surface area contributed by atoms with Crippen molar-refractivity contribution >= 4 is 11.8 Å². The van der Waals surface area contributed by atoms with E-state index in [0.717, 1.165) is 37.2 Å². The Morgan fingerprint density at radius 1 is 1.12 bits per heavy atom. The maximum absolute atomic E-state index is 12.6. The van der Waals surface area contributed by atoms with Crippen LogP contribution in [0.4, 0.5) is 0 Å². The standard InChI is InChI=1S/C19H29N3O2/c1-15-7-5-8-16(13-15)18(24)22-10-6-9-21(11-12-22)14-17(23)20-19(2,3)4/h5,7-8,13H,6,9-12,14H2,1-4H3,(H,20,23). The van der Waals surface area contributed by atoms with Crippen LogP contribution in [0.1, 0.15) is 43.1 Å². The molecule has 5 nitrogen and oxygen atoms in total. The van der Waals surface area contributed by atoms with Crippen LogP contribution in [0.5, 0.6) is 0 Å². The molecule has 1 aromatic rings. The van der Waals surface area contributed by atoms with Crippen molar-refractivity contribution in [3.63, 3.8) is 0 Å². The smallest absolute Gasteiger partial charge is 0.253 e. The number of rotatable bonds is 3. The zero-order chi connectivity index (χ0) is 17.7. The van der Waals surface area contributed by atoms with E-state index >= 15 is 0 Å². The van der Waals surface area contributed by atoms with Gasteiger partial charge in [-0.05, 0) is 46.2 Å². The van der Waals surface area contributed by atoms with Crippen molar-refractivity contribution in [2.75, 3.05) is 32.7 Å². The molecule has 0 saturated carbocycles. The van der Waals surface area contributed by atoms with Crippen LogP contribution in [0.25, 0.3) is 0 Å². The summed E-state index contributed by atoms with van der Waals surface area (Å²) in [5.41, 5.74) is 1.63. The Morgan fingerprint density at radius 2 is 1.88 bits per heavy atom. The number of benzene rings is 1. The largest absolute Gasteiger partial charge is 0.350 e. The number of aryl methyl sites for hydroxylation is 1. The van der Waals surface area contributed by atoms with E-state index in [1.165, 1.54) is 0 Å². The zero-order valence-electron chi connectivity index (χ0n) is 15.3. The number of hydrogen-bond donors (Lipinski definition) is 1. The van der Waals surface area contributed by atoms with Crippen molar-refractivity contribution in [2.24, 2.45) is 0 Å². The van der Waals surface area contributed by atoms with Gasteiger partial charge in [0.05, 0.1) is 6.54 Å². The van der Waals surface area contributed by atoms with E-state index in [-0.39, 0.29) is 17.4 Å². The van der Waals surface area contributed by atoms with Crippen LogP contribution < -0.4 is 5.32 Å². The lowest BCUT2D eigenvalue weighted by Crippen LogP contribution is -2.46. The fourth-order valence-electron chi connectivity index (χ4n) is 2.95. The predicted octanol–water partition coefficient (Wildman–Crippen LogP) is 2.06. The zero-order valence-corrected chi connectivity index (χ0v) is 15.3. The minimum absolute atomic E-state index is 0.0426. The lowest BCUT2D eigenvalue weighted by molar-refractivity contribution is -0.123. The van der Waals surface area contributed by atoms with Gasteiger partial charge in [0.25, 0.3) is 5.91 Å². The number of amides is 2. The third-order valence-electron chi connectivity index (χ3n) is 4.02. The van der Waals surface area contributed by atoms with Gasteiger partial charge in [-0.25, -0.2) is 0 Å². The molecule has 0 aliphatic carbocycles. The van der Waals surface area contributed by atoms with Gasteiger partial charge in [-0.1, -0.05) is 17.7 Å². The van der Waals surface area contributed by atoms with Crippen molar-refractivity contribution in [2.45, 2.75) is 39.7 Å². The summed E-state index contributed by atoms with van der Waals surface area (Å²) in [5, 5.41) is 2.99. The van der Waals surface area contributed by atoms with Gasteiger partial charge in [0.1, 0.15) is 0 Å². The number of hydrogen-bond acceptors (Lipinski definition) is 3. The molecular formula is C19H29N3O2. The molecule has 1 aromatic carbocycles. The van der Waals surface area contributed by atoms with Gasteiger partial charge >= 0.3 is 0 Å². The van der Waals surface area contributed by atoms with Gasteiger partial charge < -0.3 is 10.2 Å². The molecule has 2 rings (SSSR count). The molecule has 1 aliphatic heterocycles. The van der Waals surface area contributed by atoms with Crippen LogP contribution in [0.3, 0.4) is 0 Å². The Hall–Kier alpha value is -1.88. The summed E-state index contributed by atoms with van der Waals surface area (Å²) in [7, 11) is 0. The topological polar surface area (TPSA) is 52.7 Å². The van der Waals surface area contributed by atoms with Gasteiger partial charge in [0.2, 0.25) is 5.91 Å². The van der Waals surface area contributed by atoms with Gasteiger partial charge in [0.15, 0.2) is 0 Å². The highest BCUT2D eigenvalue weighted by Gasteiger charge is 2.22. The van der Waals surface area contributed by atoms with E-state index in [1.807, 2.05) is 56.9 Å². The van der Waals surface area contributed by atoms with Crippen molar-refractivity contribution in [1.82, 2.24) is 15.1 Å². The van der Waals surface area contributed by atoms with E-state index in [9.17, 15) is 9.59 Å². The molecule has 24 heavy (non-hydrogen) atoms. The molecule has 2 amide bonds. The first-order valence-electron chi connectivity index (χ1n) is 8.64. The van der Waals surface area contributed by atoms with Crippen LogP contribution in [-0.4, -0.2) is 59.9 Å². The molecule has 0 spiro atoms. The molecule has 1 N–H and O–H groups in total. The summed E-state index contributed by atoms with van der Waals surface area (Å²) in [6, 6.07) is 7.72. The van der Waals surface area contributed by atoms with E-state index < -0.39 is 0 Å². The number of carbonyl (C=O) groups is 2. The summed E-state index contributed by atoms with van der Waals surface area (Å²) in [5.74, 6) is 0.126. The molecule has 1 fully saturated rings. The van der Waals surface area contributed by atoms with Crippen molar-refractivity contribution < 1.29 is 9.59 Å². The Bertz CT molecular complexity index is 593. The van der Waals surface area contributed by atoms with Gasteiger partial charge in [-0.15, -0.1) is 0 Å². The summed E-state index contributed by atoms with van der Waals surface area (Å²) in [6.07, 6.45) is 0.889. The molecule has 5 heteroatoms. The minimum Gasteiger partial charge on any atom is -0.350 e. The predicted molar refractivity (Wildman–Crippen MR) is 96.0 cm³/mol. The molecule has 1 aliphatic rings. The average Bonchev–Trinajstić information content (AvgIpc) is 2.70. The molecule has 132 valence electrons. The molecule has 1 heterocycles. The minimum atomic E-state index is -0.212. The molecule has 0 bridgehead atoms. The second-order valence-electron chi connectivity index (χ2n) is 7.59. The second kappa shape index (κ2) is 7.79. The lowest BCUT2D eigenvalue weighted by Gasteiger charge is -2.25. The third kappa shape index (κ3) is 5.64. The molecular weight excluding hydrogens is 302 g/mol. The summed E-state index contributed by atoms with van der Waals surface area (Å²) in [4.78, 5) is 28.8. The highest BCUT2D eigenvalue weighted by atomic mass is 16.2. The number of nitrogens with one attached hydrogen (secondary N) is 1. The molecule has 0 aromatic heterocycles. The van der Waals surface area contributed by atoms with Crippen LogP contribution in [0.15, 0.2) is 24.3 Å². The first kappa shape index (κ1) is 18.5. The summed E-state index contributed by atoms with van der Waals surface area (Å²) < 4.78 is 0. The lowest BCUT2D eigenvalue weighted by atomic mass is 10.1. The van der Waals surface area contributed by atoms with E-state index in [4.69, 9.17) is 0 Å². The van der Waals surface area contributed by atoms with Crippen LogP contribution in [0.2, 0.25) is 0 Å². The second-order valence-corrected chi connectivity index (χ2v) is 7.59. The molecule has 0 radical (unpaired) electrons. The first-order valence-corrected chi connectivity index (χ1v) is 8.64. The Kier molecular flexibility index (Phi) is 5.99. The monoisotopic (exact) mass is 331 g/mol. The van der Waals surface area contributed by atoms with Crippen LogP contribution in [0, 0.1) is 6.92 Å². The maximum Gasteiger partial charge on any atom is 0.253 e. The normalized spacial score (nSPS) is 16.6. The highest BCUT2D eigenvalue weighted by molar-refractivity contribution is 5.94. The Balaban J connectivity index is 1.90. The van der Waals surface area contributed by atoms with E-state index in [2.05, 4.69) is 10.2 Å². The molecule has 0 atom stereocenters. The first-order chi connectivity index (χ1) is 11.2. The van der Waals surface area contributed by atoms with E-state index in [0.29, 0.717) is 13.1 Å². The SMILES string of the molecule is Cc1cccc(C(=O)N2CCCN(CC(=O)NC(C)(C)C)CC2)c1. The van der Waals surface area contributed by atoms with Crippen molar-refractivity contribution in [3.05, 3.63) is 35.4 Å².